The van der Waals surface area contributed by atoms with Crippen LogP contribution in [0.5, 0.6) is 11.5 Å². The third-order valence-electron chi connectivity index (χ3n) is 4.99. The van der Waals surface area contributed by atoms with Crippen LogP contribution in [0.15, 0.2) is 84.9 Å². The second kappa shape index (κ2) is 13.7. The molecule has 4 nitrogen and oxygen atoms in total. The lowest BCUT2D eigenvalue weighted by atomic mass is 10.2. The zero-order chi connectivity index (χ0) is 24.2. The molecule has 2 aromatic carbocycles. The number of benzene rings is 2. The maximum atomic E-state index is 5.87. The van der Waals surface area contributed by atoms with Crippen LogP contribution in [0.2, 0.25) is 0 Å². The Morgan fingerprint density at radius 1 is 0.647 bits per heavy atom. The molecule has 0 aliphatic heterocycles. The molecule has 0 spiro atoms. The predicted molar refractivity (Wildman–Crippen MR) is 146 cm³/mol. The fraction of sp³-hybridized carbons (Fsp3) is 0.241. The van der Waals surface area contributed by atoms with Gasteiger partial charge in [0.25, 0.3) is 0 Å². The van der Waals surface area contributed by atoms with E-state index in [0.29, 0.717) is 13.2 Å². The minimum absolute atomic E-state index is 0.585. The molecule has 34 heavy (non-hydrogen) atoms. The maximum absolute atomic E-state index is 5.87. The van der Waals surface area contributed by atoms with E-state index in [-0.39, 0.29) is 0 Å². The Morgan fingerprint density at radius 2 is 1.15 bits per heavy atom. The molecular formula is C29H31IN2O2. The molecule has 2 aromatic heterocycles. The van der Waals surface area contributed by atoms with Crippen molar-refractivity contribution in [3.05, 3.63) is 117 Å². The summed E-state index contributed by atoms with van der Waals surface area (Å²) in [5.41, 5.74) is 5.47. The van der Waals surface area contributed by atoms with Crippen molar-refractivity contribution in [3.8, 4) is 11.5 Å². The molecule has 0 saturated carbocycles. The standard InChI is InChI=1S/C16H19NO.C13H12INO/c1-3-7-15-16(11-10-13(2)17-15)18-12-14-8-5-4-6-9-14;1-10-7-8-12(13(14)15-10)16-9-11-5-3-2-4-6-11/h4-6,8-11H,3,7,12H2,1-2H3;2-8H,9H2,1H3. The van der Waals surface area contributed by atoms with Gasteiger partial charge in [0, 0.05) is 11.4 Å². The summed E-state index contributed by atoms with van der Waals surface area (Å²) < 4.78 is 12.5. The van der Waals surface area contributed by atoms with Gasteiger partial charge in [-0.25, -0.2) is 4.98 Å². The van der Waals surface area contributed by atoms with E-state index in [9.17, 15) is 0 Å². The van der Waals surface area contributed by atoms with Crippen LogP contribution in [-0.2, 0) is 19.6 Å². The van der Waals surface area contributed by atoms with Gasteiger partial charge in [0.2, 0.25) is 0 Å². The van der Waals surface area contributed by atoms with Crippen molar-refractivity contribution in [1.29, 1.82) is 0 Å². The Hall–Kier alpha value is -2.93. The zero-order valence-corrected chi connectivity index (χ0v) is 22.2. The Bertz CT molecular complexity index is 1150. The monoisotopic (exact) mass is 566 g/mol. The van der Waals surface area contributed by atoms with Crippen LogP contribution >= 0.6 is 22.6 Å². The van der Waals surface area contributed by atoms with Gasteiger partial charge in [-0.3, -0.25) is 4.98 Å². The van der Waals surface area contributed by atoms with Crippen LogP contribution in [0.1, 0.15) is 41.6 Å². The highest BCUT2D eigenvalue weighted by Gasteiger charge is 2.05. The lowest BCUT2D eigenvalue weighted by Crippen LogP contribution is -2.01. The van der Waals surface area contributed by atoms with Crippen molar-refractivity contribution >= 4 is 22.6 Å². The van der Waals surface area contributed by atoms with E-state index in [1.54, 1.807) is 0 Å². The van der Waals surface area contributed by atoms with Crippen LogP contribution in [-0.4, -0.2) is 9.97 Å². The molecule has 0 amide bonds. The number of rotatable bonds is 8. The van der Waals surface area contributed by atoms with Gasteiger partial charge in [-0.05, 0) is 78.3 Å². The van der Waals surface area contributed by atoms with Crippen molar-refractivity contribution in [3.63, 3.8) is 0 Å². The first-order valence-electron chi connectivity index (χ1n) is 11.5. The second-order valence-corrected chi connectivity index (χ2v) is 8.96. The molecule has 0 N–H and O–H groups in total. The van der Waals surface area contributed by atoms with E-state index >= 15 is 0 Å². The normalized spacial score (nSPS) is 10.2. The quantitative estimate of drug-likeness (QED) is 0.164. The minimum atomic E-state index is 0.585. The van der Waals surface area contributed by atoms with Gasteiger partial charge in [-0.2, -0.15) is 0 Å². The summed E-state index contributed by atoms with van der Waals surface area (Å²) in [6.07, 6.45) is 2.05. The van der Waals surface area contributed by atoms with Gasteiger partial charge in [0.15, 0.2) is 5.75 Å². The number of hydrogen-bond donors (Lipinski definition) is 0. The third-order valence-corrected chi connectivity index (χ3v) is 5.76. The molecule has 4 aromatic rings. The first-order valence-corrected chi connectivity index (χ1v) is 12.6. The number of nitrogens with zero attached hydrogens (tertiary/aromatic N) is 2. The summed E-state index contributed by atoms with van der Waals surface area (Å²) in [5.74, 6) is 1.75. The molecule has 0 fully saturated rings. The summed E-state index contributed by atoms with van der Waals surface area (Å²) in [5, 5.41) is 0. The Morgan fingerprint density at radius 3 is 1.68 bits per heavy atom. The SMILES string of the molecule is CCCc1nc(C)ccc1OCc1ccccc1.Cc1ccc(OCc2ccccc2)c(I)n1. The number of pyridine rings is 2. The lowest BCUT2D eigenvalue weighted by Gasteiger charge is -2.11. The van der Waals surface area contributed by atoms with Crippen molar-refractivity contribution in [2.75, 3.05) is 0 Å². The van der Waals surface area contributed by atoms with Gasteiger partial charge < -0.3 is 9.47 Å². The van der Waals surface area contributed by atoms with Gasteiger partial charge in [0.05, 0.1) is 5.69 Å². The molecule has 176 valence electrons. The van der Waals surface area contributed by atoms with Gasteiger partial charge in [0.1, 0.15) is 22.7 Å². The average Bonchev–Trinajstić information content (AvgIpc) is 2.85. The molecule has 0 aliphatic carbocycles. The summed E-state index contributed by atoms with van der Waals surface area (Å²) in [4.78, 5) is 8.90. The third kappa shape index (κ3) is 8.45. The molecule has 4 rings (SSSR count). The highest BCUT2D eigenvalue weighted by molar-refractivity contribution is 14.1. The fourth-order valence-electron chi connectivity index (χ4n) is 3.24. The number of aromatic nitrogens is 2. The second-order valence-electron chi connectivity index (χ2n) is 7.94. The topological polar surface area (TPSA) is 44.2 Å². The molecule has 0 saturated heterocycles. The molecule has 2 heterocycles. The van der Waals surface area contributed by atoms with Crippen LogP contribution in [0.4, 0.5) is 0 Å². The van der Waals surface area contributed by atoms with E-state index < -0.39 is 0 Å². The molecule has 0 atom stereocenters. The zero-order valence-electron chi connectivity index (χ0n) is 20.0. The van der Waals surface area contributed by atoms with Crippen molar-refractivity contribution in [1.82, 2.24) is 9.97 Å². The van der Waals surface area contributed by atoms with E-state index in [0.717, 1.165) is 45.1 Å². The van der Waals surface area contributed by atoms with Crippen LogP contribution in [0, 0.1) is 17.5 Å². The number of halogens is 1. The minimum Gasteiger partial charge on any atom is -0.487 e. The largest absolute Gasteiger partial charge is 0.487 e. The molecule has 5 heteroatoms. The Balaban J connectivity index is 0.000000192. The first kappa shape index (κ1) is 25.7. The van der Waals surface area contributed by atoms with Crippen molar-refractivity contribution < 1.29 is 9.47 Å². The summed E-state index contributed by atoms with van der Waals surface area (Å²) in [6.45, 7) is 7.33. The molecule has 0 radical (unpaired) electrons. The fourth-order valence-corrected chi connectivity index (χ4v) is 3.95. The van der Waals surface area contributed by atoms with Gasteiger partial charge in [-0.1, -0.05) is 74.0 Å². The van der Waals surface area contributed by atoms with Crippen LogP contribution in [0.3, 0.4) is 0 Å². The van der Waals surface area contributed by atoms with Crippen LogP contribution < -0.4 is 9.47 Å². The maximum Gasteiger partial charge on any atom is 0.151 e. The molecule has 0 bridgehead atoms. The average molecular weight is 566 g/mol. The Labute approximate surface area is 216 Å². The van der Waals surface area contributed by atoms with E-state index in [1.807, 2.05) is 74.5 Å². The molecule has 0 aliphatic rings. The number of ether oxygens (including phenoxy) is 2. The molecule has 0 unspecified atom stereocenters. The van der Waals surface area contributed by atoms with Crippen LogP contribution in [0.25, 0.3) is 0 Å². The number of hydrogen-bond acceptors (Lipinski definition) is 4. The predicted octanol–water partition coefficient (Wildman–Crippen LogP) is 7.50. The highest BCUT2D eigenvalue weighted by atomic mass is 127. The number of aryl methyl sites for hydroxylation is 3. The van der Waals surface area contributed by atoms with E-state index in [2.05, 4.69) is 63.7 Å². The summed E-state index contributed by atoms with van der Waals surface area (Å²) in [6, 6.07) is 28.3. The Kier molecular flexibility index (Phi) is 10.3. The molecular weight excluding hydrogens is 535 g/mol. The van der Waals surface area contributed by atoms with E-state index in [1.165, 1.54) is 11.1 Å². The van der Waals surface area contributed by atoms with E-state index in [4.69, 9.17) is 9.47 Å². The summed E-state index contributed by atoms with van der Waals surface area (Å²) >= 11 is 2.19. The smallest absolute Gasteiger partial charge is 0.151 e. The lowest BCUT2D eigenvalue weighted by molar-refractivity contribution is 0.301. The first-order chi connectivity index (χ1) is 16.5. The highest BCUT2D eigenvalue weighted by Crippen LogP contribution is 2.21. The van der Waals surface area contributed by atoms with Gasteiger partial charge >= 0.3 is 0 Å². The van der Waals surface area contributed by atoms with Crippen molar-refractivity contribution in [2.24, 2.45) is 0 Å². The van der Waals surface area contributed by atoms with Crippen molar-refractivity contribution in [2.45, 2.75) is 46.8 Å². The summed E-state index contributed by atoms with van der Waals surface area (Å²) in [7, 11) is 0. The van der Waals surface area contributed by atoms with Gasteiger partial charge in [-0.15, -0.1) is 0 Å².